The number of para-hydroxylation sites is 1. The Morgan fingerprint density at radius 1 is 1.08 bits per heavy atom. The van der Waals surface area contributed by atoms with Gasteiger partial charge < -0.3 is 10.6 Å². The summed E-state index contributed by atoms with van der Waals surface area (Å²) in [6, 6.07) is 10.8. The third-order valence-electron chi connectivity index (χ3n) is 3.96. The average Bonchev–Trinajstić information content (AvgIpc) is 2.62. The van der Waals surface area contributed by atoms with E-state index in [1.165, 1.54) is 0 Å². The molecule has 0 spiro atoms. The zero-order chi connectivity index (χ0) is 17.4. The van der Waals surface area contributed by atoms with Crippen molar-refractivity contribution < 1.29 is 9.59 Å². The quantitative estimate of drug-likeness (QED) is 0.820. The highest BCUT2D eigenvalue weighted by atomic mass is 16.2. The van der Waals surface area contributed by atoms with E-state index in [9.17, 15) is 9.59 Å². The summed E-state index contributed by atoms with van der Waals surface area (Å²) in [7, 11) is 0. The SMILES string of the molecule is CCC(CC)C(=O)Nc1ccccc1C(=O)NCc1cccnc1. The van der Waals surface area contributed by atoms with Crippen molar-refractivity contribution in [1.82, 2.24) is 10.3 Å². The van der Waals surface area contributed by atoms with Crippen LogP contribution >= 0.6 is 0 Å². The van der Waals surface area contributed by atoms with Gasteiger partial charge in [-0.15, -0.1) is 0 Å². The lowest BCUT2D eigenvalue weighted by molar-refractivity contribution is -0.120. The number of carbonyl (C=O) groups excluding carboxylic acids is 2. The van der Waals surface area contributed by atoms with E-state index in [-0.39, 0.29) is 17.7 Å². The molecular weight excluding hydrogens is 302 g/mol. The summed E-state index contributed by atoms with van der Waals surface area (Å²) >= 11 is 0. The van der Waals surface area contributed by atoms with Crippen molar-refractivity contribution in [3.63, 3.8) is 0 Å². The van der Waals surface area contributed by atoms with Crippen molar-refractivity contribution in [3.05, 3.63) is 59.9 Å². The number of rotatable bonds is 7. The van der Waals surface area contributed by atoms with Gasteiger partial charge in [-0.2, -0.15) is 0 Å². The molecule has 0 saturated heterocycles. The molecular formula is C19H23N3O2. The van der Waals surface area contributed by atoms with Crippen molar-refractivity contribution in [3.8, 4) is 0 Å². The second-order valence-corrected chi connectivity index (χ2v) is 5.59. The van der Waals surface area contributed by atoms with E-state index in [4.69, 9.17) is 0 Å². The molecule has 0 radical (unpaired) electrons. The van der Waals surface area contributed by atoms with Gasteiger partial charge >= 0.3 is 0 Å². The molecule has 1 aromatic carbocycles. The normalized spacial score (nSPS) is 10.5. The fraction of sp³-hybridized carbons (Fsp3) is 0.316. The lowest BCUT2D eigenvalue weighted by Crippen LogP contribution is -2.26. The highest BCUT2D eigenvalue weighted by molar-refractivity contribution is 6.04. The number of amides is 2. The third-order valence-corrected chi connectivity index (χ3v) is 3.96. The minimum absolute atomic E-state index is 0.0449. The standard InChI is InChI=1S/C19H23N3O2/c1-3-15(4-2)18(23)22-17-10-6-5-9-16(17)19(24)21-13-14-8-7-11-20-12-14/h5-12,15H,3-4,13H2,1-2H3,(H,21,24)(H,22,23). The molecule has 24 heavy (non-hydrogen) atoms. The molecule has 0 saturated carbocycles. The molecule has 5 heteroatoms. The van der Waals surface area contributed by atoms with Crippen LogP contribution < -0.4 is 10.6 Å². The number of aromatic nitrogens is 1. The fourth-order valence-corrected chi connectivity index (χ4v) is 2.46. The van der Waals surface area contributed by atoms with E-state index in [2.05, 4.69) is 15.6 Å². The van der Waals surface area contributed by atoms with E-state index in [1.54, 1.807) is 36.7 Å². The van der Waals surface area contributed by atoms with Gasteiger partial charge in [-0.25, -0.2) is 0 Å². The summed E-state index contributed by atoms with van der Waals surface area (Å²) in [5.74, 6) is -0.316. The number of benzene rings is 1. The van der Waals surface area contributed by atoms with E-state index >= 15 is 0 Å². The van der Waals surface area contributed by atoms with E-state index in [0.29, 0.717) is 17.8 Å². The Labute approximate surface area is 142 Å². The van der Waals surface area contributed by atoms with Crippen LogP contribution in [-0.2, 0) is 11.3 Å². The Kier molecular flexibility index (Phi) is 6.49. The predicted molar refractivity (Wildman–Crippen MR) is 94.6 cm³/mol. The van der Waals surface area contributed by atoms with Gasteiger partial charge in [0.05, 0.1) is 11.3 Å². The number of carbonyl (C=O) groups is 2. The van der Waals surface area contributed by atoms with Gasteiger partial charge in [0.1, 0.15) is 0 Å². The van der Waals surface area contributed by atoms with E-state index < -0.39 is 0 Å². The summed E-state index contributed by atoms with van der Waals surface area (Å²) in [6.07, 6.45) is 4.95. The molecule has 0 aliphatic rings. The Hall–Kier alpha value is -2.69. The number of nitrogens with one attached hydrogen (secondary N) is 2. The molecule has 0 bridgehead atoms. The first-order chi connectivity index (χ1) is 11.7. The first-order valence-corrected chi connectivity index (χ1v) is 8.22. The highest BCUT2D eigenvalue weighted by Gasteiger charge is 2.17. The highest BCUT2D eigenvalue weighted by Crippen LogP contribution is 2.18. The van der Waals surface area contributed by atoms with Crippen molar-refractivity contribution in [2.45, 2.75) is 33.2 Å². The molecule has 0 fully saturated rings. The van der Waals surface area contributed by atoms with Crippen molar-refractivity contribution in [2.75, 3.05) is 5.32 Å². The van der Waals surface area contributed by atoms with Gasteiger partial charge in [0.2, 0.25) is 5.91 Å². The second-order valence-electron chi connectivity index (χ2n) is 5.59. The number of hydrogen-bond donors (Lipinski definition) is 2. The van der Waals surface area contributed by atoms with Gasteiger partial charge in [0.25, 0.3) is 5.91 Å². The summed E-state index contributed by atoms with van der Waals surface area (Å²) in [4.78, 5) is 28.7. The molecule has 2 N–H and O–H groups in total. The fourth-order valence-electron chi connectivity index (χ4n) is 2.46. The van der Waals surface area contributed by atoms with Gasteiger partial charge in [0, 0.05) is 24.9 Å². The molecule has 2 rings (SSSR count). The van der Waals surface area contributed by atoms with Crippen molar-refractivity contribution in [2.24, 2.45) is 5.92 Å². The van der Waals surface area contributed by atoms with Gasteiger partial charge in [-0.1, -0.05) is 32.0 Å². The van der Waals surface area contributed by atoms with Crippen LogP contribution in [0.1, 0.15) is 42.6 Å². The summed E-state index contributed by atoms with van der Waals surface area (Å²) in [6.45, 7) is 4.36. The second kappa shape index (κ2) is 8.82. The maximum absolute atomic E-state index is 12.4. The Morgan fingerprint density at radius 2 is 1.83 bits per heavy atom. The van der Waals surface area contributed by atoms with E-state index in [1.807, 2.05) is 26.0 Å². The molecule has 0 unspecified atom stereocenters. The Bertz CT molecular complexity index is 682. The molecule has 2 amide bonds. The number of nitrogens with zero attached hydrogens (tertiary/aromatic N) is 1. The lowest BCUT2D eigenvalue weighted by atomic mass is 10.0. The Balaban J connectivity index is 2.07. The summed E-state index contributed by atoms with van der Waals surface area (Å²) in [5.41, 5.74) is 1.92. The Morgan fingerprint density at radius 3 is 2.50 bits per heavy atom. The van der Waals surface area contributed by atoms with Crippen LogP contribution in [0, 0.1) is 5.92 Å². The summed E-state index contributed by atoms with van der Waals surface area (Å²) in [5, 5.41) is 5.74. The molecule has 5 nitrogen and oxygen atoms in total. The maximum atomic E-state index is 12.4. The van der Waals surface area contributed by atoms with Crippen molar-refractivity contribution >= 4 is 17.5 Å². The lowest BCUT2D eigenvalue weighted by Gasteiger charge is -2.15. The smallest absolute Gasteiger partial charge is 0.253 e. The van der Waals surface area contributed by atoms with Gasteiger partial charge in [0.15, 0.2) is 0 Å². The van der Waals surface area contributed by atoms with Crippen LogP contribution in [-0.4, -0.2) is 16.8 Å². The van der Waals surface area contributed by atoms with Crippen LogP contribution in [0.2, 0.25) is 0 Å². The topological polar surface area (TPSA) is 71.1 Å². The number of pyridine rings is 1. The first-order valence-electron chi connectivity index (χ1n) is 8.22. The summed E-state index contributed by atoms with van der Waals surface area (Å²) < 4.78 is 0. The molecule has 0 aliphatic carbocycles. The maximum Gasteiger partial charge on any atom is 0.253 e. The minimum Gasteiger partial charge on any atom is -0.348 e. The zero-order valence-corrected chi connectivity index (χ0v) is 14.1. The monoisotopic (exact) mass is 325 g/mol. The average molecular weight is 325 g/mol. The van der Waals surface area contributed by atoms with Crippen molar-refractivity contribution in [1.29, 1.82) is 0 Å². The molecule has 0 atom stereocenters. The predicted octanol–water partition coefficient (Wildman–Crippen LogP) is 3.39. The van der Waals surface area contributed by atoms with Crippen LogP contribution in [0.15, 0.2) is 48.8 Å². The van der Waals surface area contributed by atoms with Crippen LogP contribution in [0.25, 0.3) is 0 Å². The van der Waals surface area contributed by atoms with Crippen LogP contribution in [0.3, 0.4) is 0 Å². The number of anilines is 1. The minimum atomic E-state index is -0.223. The zero-order valence-electron chi connectivity index (χ0n) is 14.1. The molecule has 126 valence electrons. The largest absolute Gasteiger partial charge is 0.348 e. The third kappa shape index (κ3) is 4.65. The van der Waals surface area contributed by atoms with Crippen LogP contribution in [0.4, 0.5) is 5.69 Å². The van der Waals surface area contributed by atoms with Gasteiger partial charge in [-0.3, -0.25) is 14.6 Å². The number of hydrogen-bond acceptors (Lipinski definition) is 3. The molecule has 1 aromatic heterocycles. The molecule has 0 aliphatic heterocycles. The van der Waals surface area contributed by atoms with Crippen LogP contribution in [0.5, 0.6) is 0 Å². The van der Waals surface area contributed by atoms with E-state index in [0.717, 1.165) is 18.4 Å². The first kappa shape index (κ1) is 17.7. The van der Waals surface area contributed by atoms with Gasteiger partial charge in [-0.05, 0) is 36.6 Å². The molecule has 2 aromatic rings. The molecule has 1 heterocycles.